The molecule has 0 unspecified atom stereocenters. The SMILES string of the molecule is Cn1ncc2c(N3CCN(C(=O)c4ccccc4NS(=O)(=O)c4ccc(F)cc4)CC3)ncnc21. The van der Waals surface area contributed by atoms with Gasteiger partial charge in [0.1, 0.15) is 18.0 Å². The van der Waals surface area contributed by atoms with Crippen molar-refractivity contribution >= 4 is 38.5 Å². The van der Waals surface area contributed by atoms with E-state index in [-0.39, 0.29) is 22.1 Å². The smallest absolute Gasteiger partial charge is 0.261 e. The summed E-state index contributed by atoms with van der Waals surface area (Å²) in [6.07, 6.45) is 3.23. The molecule has 2 aromatic heterocycles. The minimum absolute atomic E-state index is 0.0960. The van der Waals surface area contributed by atoms with E-state index in [2.05, 4.69) is 24.7 Å². The predicted octanol–water partition coefficient (Wildman–Crippen LogP) is 2.27. The van der Waals surface area contributed by atoms with Crippen LogP contribution in [0.5, 0.6) is 0 Å². The van der Waals surface area contributed by atoms with Crippen molar-refractivity contribution < 1.29 is 17.6 Å². The van der Waals surface area contributed by atoms with Crippen LogP contribution in [0.3, 0.4) is 0 Å². The fraction of sp³-hybridized carbons (Fsp3) is 0.217. The highest BCUT2D eigenvalue weighted by Crippen LogP contribution is 2.25. The molecule has 0 bridgehead atoms. The van der Waals surface area contributed by atoms with Crippen molar-refractivity contribution in [1.29, 1.82) is 0 Å². The summed E-state index contributed by atoms with van der Waals surface area (Å²) in [7, 11) is -2.18. The van der Waals surface area contributed by atoms with Crippen molar-refractivity contribution in [2.45, 2.75) is 4.90 Å². The average Bonchev–Trinajstić information content (AvgIpc) is 3.25. The largest absolute Gasteiger partial charge is 0.352 e. The molecule has 1 fully saturated rings. The number of aromatic nitrogens is 4. The van der Waals surface area contributed by atoms with Gasteiger partial charge in [-0.3, -0.25) is 14.2 Å². The molecular formula is C23H22FN7O3S. The lowest BCUT2D eigenvalue weighted by Crippen LogP contribution is -2.49. The summed E-state index contributed by atoms with van der Waals surface area (Å²) in [6, 6.07) is 10.9. The first-order valence-corrected chi connectivity index (χ1v) is 12.4. The van der Waals surface area contributed by atoms with Crippen molar-refractivity contribution in [3.8, 4) is 0 Å². The van der Waals surface area contributed by atoms with E-state index in [9.17, 15) is 17.6 Å². The number of piperazine rings is 1. The fourth-order valence-corrected chi connectivity index (χ4v) is 5.15. The van der Waals surface area contributed by atoms with Gasteiger partial charge in [-0.25, -0.2) is 22.8 Å². The maximum Gasteiger partial charge on any atom is 0.261 e. The average molecular weight is 496 g/mol. The van der Waals surface area contributed by atoms with E-state index in [4.69, 9.17) is 0 Å². The molecule has 3 heterocycles. The number of hydrogen-bond acceptors (Lipinski definition) is 7. The number of rotatable bonds is 5. The highest BCUT2D eigenvalue weighted by atomic mass is 32.2. The number of halogens is 1. The molecule has 0 aliphatic carbocycles. The summed E-state index contributed by atoms with van der Waals surface area (Å²) < 4.78 is 42.9. The van der Waals surface area contributed by atoms with Crippen LogP contribution in [-0.4, -0.2) is 65.2 Å². The monoisotopic (exact) mass is 495 g/mol. The van der Waals surface area contributed by atoms with E-state index >= 15 is 0 Å². The Kier molecular flexibility index (Phi) is 5.81. The zero-order chi connectivity index (χ0) is 24.6. The number of fused-ring (bicyclic) bond motifs is 1. The van der Waals surface area contributed by atoms with Gasteiger partial charge in [-0.05, 0) is 36.4 Å². The van der Waals surface area contributed by atoms with Crippen LogP contribution in [0.4, 0.5) is 15.9 Å². The second kappa shape index (κ2) is 8.95. The highest BCUT2D eigenvalue weighted by molar-refractivity contribution is 7.92. The maximum atomic E-state index is 13.3. The number of sulfonamides is 1. The number of anilines is 2. The van der Waals surface area contributed by atoms with Gasteiger partial charge in [0.25, 0.3) is 15.9 Å². The van der Waals surface area contributed by atoms with E-state index in [1.54, 1.807) is 34.0 Å². The summed E-state index contributed by atoms with van der Waals surface area (Å²) in [6.45, 7) is 1.97. The molecule has 0 atom stereocenters. The van der Waals surface area contributed by atoms with Crippen LogP contribution in [-0.2, 0) is 17.1 Å². The Morgan fingerprint density at radius 3 is 2.46 bits per heavy atom. The Morgan fingerprint density at radius 1 is 1.00 bits per heavy atom. The zero-order valence-electron chi connectivity index (χ0n) is 18.8. The minimum Gasteiger partial charge on any atom is -0.352 e. The van der Waals surface area contributed by atoms with Crippen LogP contribution in [0, 0.1) is 5.82 Å². The summed E-state index contributed by atoms with van der Waals surface area (Å²) in [5, 5.41) is 5.09. The van der Waals surface area contributed by atoms with Gasteiger partial charge in [-0.15, -0.1) is 0 Å². The maximum absolute atomic E-state index is 13.3. The number of aryl methyl sites for hydroxylation is 1. The van der Waals surface area contributed by atoms with Crippen molar-refractivity contribution in [2.24, 2.45) is 7.05 Å². The van der Waals surface area contributed by atoms with Gasteiger partial charge in [0.15, 0.2) is 5.65 Å². The number of para-hydroxylation sites is 1. The first-order chi connectivity index (χ1) is 16.8. The lowest BCUT2D eigenvalue weighted by atomic mass is 10.1. The van der Waals surface area contributed by atoms with Crippen LogP contribution in [0.15, 0.2) is 66.0 Å². The molecule has 35 heavy (non-hydrogen) atoms. The predicted molar refractivity (Wildman–Crippen MR) is 128 cm³/mol. The molecule has 1 saturated heterocycles. The molecule has 4 aromatic rings. The van der Waals surface area contributed by atoms with Crippen LogP contribution in [0.1, 0.15) is 10.4 Å². The van der Waals surface area contributed by atoms with Crippen molar-refractivity contribution in [3.63, 3.8) is 0 Å². The first-order valence-electron chi connectivity index (χ1n) is 10.9. The third kappa shape index (κ3) is 4.39. The molecule has 0 radical (unpaired) electrons. The lowest BCUT2D eigenvalue weighted by Gasteiger charge is -2.35. The van der Waals surface area contributed by atoms with E-state index in [0.29, 0.717) is 26.2 Å². The molecule has 5 rings (SSSR count). The Balaban J connectivity index is 1.32. The van der Waals surface area contributed by atoms with Crippen molar-refractivity contribution in [2.75, 3.05) is 35.8 Å². The Hall–Kier alpha value is -4.06. The molecule has 0 saturated carbocycles. The molecule has 12 heteroatoms. The van der Waals surface area contributed by atoms with E-state index in [0.717, 1.165) is 29.0 Å². The first kappa shape index (κ1) is 22.7. The molecule has 1 amide bonds. The fourth-order valence-electron chi connectivity index (χ4n) is 4.07. The summed E-state index contributed by atoms with van der Waals surface area (Å²) in [5.41, 5.74) is 1.14. The van der Waals surface area contributed by atoms with Crippen LogP contribution in [0.2, 0.25) is 0 Å². The van der Waals surface area contributed by atoms with Gasteiger partial charge in [-0.1, -0.05) is 12.1 Å². The van der Waals surface area contributed by atoms with E-state index < -0.39 is 15.8 Å². The molecule has 1 N–H and O–H groups in total. The standard InChI is InChI=1S/C23H22FN7O3S/c1-29-21-19(14-27-29)22(26-15-25-21)30-10-12-31(13-11-30)23(32)18-4-2-3-5-20(18)28-35(33,34)17-8-6-16(24)7-9-17/h2-9,14-15,28H,10-13H2,1H3. The van der Waals surface area contributed by atoms with E-state index in [1.807, 2.05) is 7.05 Å². The summed E-state index contributed by atoms with van der Waals surface area (Å²) >= 11 is 0. The zero-order valence-corrected chi connectivity index (χ0v) is 19.6. The Labute approximate surface area is 201 Å². The Morgan fingerprint density at radius 2 is 1.71 bits per heavy atom. The van der Waals surface area contributed by atoms with Crippen molar-refractivity contribution in [1.82, 2.24) is 24.6 Å². The van der Waals surface area contributed by atoms with Gasteiger partial charge in [0.05, 0.1) is 27.7 Å². The summed E-state index contributed by atoms with van der Waals surface area (Å²) in [4.78, 5) is 25.7. The topological polar surface area (TPSA) is 113 Å². The third-order valence-corrected chi connectivity index (χ3v) is 7.28. The summed E-state index contributed by atoms with van der Waals surface area (Å²) in [5.74, 6) is -0.0520. The molecule has 0 spiro atoms. The highest BCUT2D eigenvalue weighted by Gasteiger charge is 2.27. The molecular weight excluding hydrogens is 473 g/mol. The molecule has 180 valence electrons. The number of carbonyl (C=O) groups is 1. The van der Waals surface area contributed by atoms with Crippen LogP contribution < -0.4 is 9.62 Å². The van der Waals surface area contributed by atoms with Crippen LogP contribution >= 0.6 is 0 Å². The second-order valence-corrected chi connectivity index (χ2v) is 9.77. The molecule has 2 aromatic carbocycles. The van der Waals surface area contributed by atoms with Gasteiger partial charge >= 0.3 is 0 Å². The quantitative estimate of drug-likeness (QED) is 0.452. The molecule has 1 aliphatic heterocycles. The number of benzene rings is 2. The molecule has 10 nitrogen and oxygen atoms in total. The number of amides is 1. The minimum atomic E-state index is -4.00. The van der Waals surface area contributed by atoms with Crippen LogP contribution in [0.25, 0.3) is 11.0 Å². The third-order valence-electron chi connectivity index (χ3n) is 5.90. The van der Waals surface area contributed by atoms with Gasteiger partial charge in [0, 0.05) is 33.2 Å². The lowest BCUT2D eigenvalue weighted by molar-refractivity contribution is 0.0747. The molecule has 1 aliphatic rings. The number of hydrogen-bond donors (Lipinski definition) is 1. The number of nitrogens with one attached hydrogen (secondary N) is 1. The number of carbonyl (C=O) groups excluding carboxylic acids is 1. The van der Waals surface area contributed by atoms with E-state index in [1.165, 1.54) is 24.5 Å². The Bertz CT molecular complexity index is 1500. The van der Waals surface area contributed by atoms with Gasteiger partial charge in [-0.2, -0.15) is 5.10 Å². The normalized spacial score (nSPS) is 14.3. The van der Waals surface area contributed by atoms with Crippen molar-refractivity contribution in [3.05, 3.63) is 72.4 Å². The second-order valence-electron chi connectivity index (χ2n) is 8.09. The van der Waals surface area contributed by atoms with Gasteiger partial charge < -0.3 is 9.80 Å². The van der Waals surface area contributed by atoms with Gasteiger partial charge in [0.2, 0.25) is 0 Å². The number of nitrogens with zero attached hydrogens (tertiary/aromatic N) is 6.